The van der Waals surface area contributed by atoms with E-state index in [1.165, 1.54) is 12.8 Å². The molecular weight excluding hydrogens is 196 g/mol. The fourth-order valence-electron chi connectivity index (χ4n) is 1.82. The molecule has 4 heteroatoms. The van der Waals surface area contributed by atoms with Gasteiger partial charge in [0.15, 0.2) is 0 Å². The van der Waals surface area contributed by atoms with Crippen LogP contribution in [0.1, 0.15) is 32.6 Å². The Bertz CT molecular complexity index is 197. The maximum atomic E-state index is 11.4. The summed E-state index contributed by atoms with van der Waals surface area (Å²) in [5.41, 5.74) is 5.50. The highest BCUT2D eigenvalue weighted by molar-refractivity contribution is 7.99. The minimum absolute atomic E-state index is 0.0169. The van der Waals surface area contributed by atoms with E-state index in [-0.39, 0.29) is 11.9 Å². The Kier molecular flexibility index (Phi) is 4.75. The van der Waals surface area contributed by atoms with Crippen LogP contribution in [0.3, 0.4) is 0 Å². The molecule has 0 aliphatic heterocycles. The first-order chi connectivity index (χ1) is 6.63. The van der Waals surface area contributed by atoms with Crippen LogP contribution in [0, 0.1) is 0 Å². The molecule has 0 radical (unpaired) electrons. The third kappa shape index (κ3) is 3.50. The van der Waals surface area contributed by atoms with E-state index in [1.54, 1.807) is 6.92 Å². The van der Waals surface area contributed by atoms with Gasteiger partial charge in [-0.05, 0) is 32.4 Å². The quantitative estimate of drug-likeness (QED) is 0.743. The molecule has 0 saturated heterocycles. The van der Waals surface area contributed by atoms with Gasteiger partial charge in [0, 0.05) is 11.3 Å². The van der Waals surface area contributed by atoms with E-state index in [2.05, 4.69) is 11.6 Å². The van der Waals surface area contributed by atoms with E-state index < -0.39 is 0 Å². The molecule has 0 aromatic rings. The van der Waals surface area contributed by atoms with E-state index in [1.807, 2.05) is 11.8 Å². The largest absolute Gasteiger partial charge is 0.352 e. The maximum absolute atomic E-state index is 11.4. The molecule has 1 aliphatic rings. The minimum atomic E-state index is -0.385. The Hall–Kier alpha value is -0.220. The Labute approximate surface area is 90.2 Å². The van der Waals surface area contributed by atoms with Crippen LogP contribution in [0.15, 0.2) is 0 Å². The first kappa shape index (κ1) is 11.9. The normalized spacial score (nSPS) is 29.6. The smallest absolute Gasteiger partial charge is 0.236 e. The molecule has 3 unspecified atom stereocenters. The average Bonchev–Trinajstić information content (AvgIpc) is 2.18. The molecule has 82 valence electrons. The highest BCUT2D eigenvalue weighted by atomic mass is 32.2. The molecule has 3 N–H and O–H groups in total. The van der Waals surface area contributed by atoms with E-state index in [0.717, 1.165) is 12.8 Å². The second-order valence-electron chi connectivity index (χ2n) is 4.02. The van der Waals surface area contributed by atoms with Crippen LogP contribution < -0.4 is 11.1 Å². The van der Waals surface area contributed by atoms with Crippen molar-refractivity contribution in [2.75, 3.05) is 6.26 Å². The summed E-state index contributed by atoms with van der Waals surface area (Å²) >= 11 is 1.90. The molecule has 1 rings (SSSR count). The molecular formula is C10H20N2OS. The molecule has 0 bridgehead atoms. The third-order valence-electron chi connectivity index (χ3n) is 2.72. The predicted octanol–water partition coefficient (Wildman–Crippen LogP) is 1.12. The molecule has 0 aromatic carbocycles. The van der Waals surface area contributed by atoms with Gasteiger partial charge in [-0.3, -0.25) is 4.79 Å². The molecule has 1 saturated carbocycles. The Morgan fingerprint density at radius 2 is 2.29 bits per heavy atom. The van der Waals surface area contributed by atoms with Crippen molar-refractivity contribution in [2.24, 2.45) is 5.73 Å². The predicted molar refractivity (Wildman–Crippen MR) is 61.4 cm³/mol. The van der Waals surface area contributed by atoms with Crippen LogP contribution in [0.25, 0.3) is 0 Å². The molecule has 1 fully saturated rings. The number of hydrogen-bond acceptors (Lipinski definition) is 3. The van der Waals surface area contributed by atoms with Crippen molar-refractivity contribution in [3.05, 3.63) is 0 Å². The monoisotopic (exact) mass is 216 g/mol. The van der Waals surface area contributed by atoms with Crippen molar-refractivity contribution >= 4 is 17.7 Å². The lowest BCUT2D eigenvalue weighted by atomic mass is 9.95. The number of thioether (sulfide) groups is 1. The van der Waals surface area contributed by atoms with Gasteiger partial charge in [-0.25, -0.2) is 0 Å². The van der Waals surface area contributed by atoms with Crippen LogP contribution in [-0.4, -0.2) is 29.5 Å². The Morgan fingerprint density at radius 3 is 2.86 bits per heavy atom. The second kappa shape index (κ2) is 5.61. The maximum Gasteiger partial charge on any atom is 0.236 e. The standard InChI is InChI=1S/C10H20N2OS/c1-7(11)10(13)12-8-4-3-5-9(6-8)14-2/h7-9H,3-6,11H2,1-2H3,(H,12,13). The molecule has 0 aromatic heterocycles. The summed E-state index contributed by atoms with van der Waals surface area (Å²) in [5, 5.41) is 3.72. The van der Waals surface area contributed by atoms with Crippen molar-refractivity contribution in [3.63, 3.8) is 0 Å². The average molecular weight is 216 g/mol. The molecule has 0 spiro atoms. The van der Waals surface area contributed by atoms with Crippen LogP contribution in [0.5, 0.6) is 0 Å². The second-order valence-corrected chi connectivity index (χ2v) is 5.16. The lowest BCUT2D eigenvalue weighted by Gasteiger charge is -2.29. The van der Waals surface area contributed by atoms with Gasteiger partial charge < -0.3 is 11.1 Å². The topological polar surface area (TPSA) is 55.1 Å². The summed E-state index contributed by atoms with van der Waals surface area (Å²) in [6.07, 6.45) is 6.84. The summed E-state index contributed by atoms with van der Waals surface area (Å²) in [4.78, 5) is 11.4. The first-order valence-corrected chi connectivity index (χ1v) is 6.51. The number of carbonyl (C=O) groups is 1. The van der Waals surface area contributed by atoms with Crippen molar-refractivity contribution in [1.82, 2.24) is 5.32 Å². The molecule has 3 nitrogen and oxygen atoms in total. The summed E-state index contributed by atoms with van der Waals surface area (Å²) in [7, 11) is 0. The zero-order chi connectivity index (χ0) is 10.6. The zero-order valence-corrected chi connectivity index (χ0v) is 9.77. The van der Waals surface area contributed by atoms with E-state index in [9.17, 15) is 4.79 Å². The number of amides is 1. The van der Waals surface area contributed by atoms with Gasteiger partial charge in [0.05, 0.1) is 6.04 Å². The summed E-state index contributed by atoms with van der Waals surface area (Å²) in [6, 6.07) is -0.0376. The fourth-order valence-corrected chi connectivity index (χ4v) is 2.65. The first-order valence-electron chi connectivity index (χ1n) is 5.22. The Balaban J connectivity index is 2.34. The van der Waals surface area contributed by atoms with Gasteiger partial charge >= 0.3 is 0 Å². The molecule has 0 heterocycles. The SMILES string of the molecule is CSC1CCCC(NC(=O)C(C)N)C1. The van der Waals surface area contributed by atoms with E-state index in [4.69, 9.17) is 5.73 Å². The number of rotatable bonds is 3. The zero-order valence-electron chi connectivity index (χ0n) is 8.95. The van der Waals surface area contributed by atoms with Gasteiger partial charge in [-0.15, -0.1) is 0 Å². The summed E-state index contributed by atoms with van der Waals surface area (Å²) in [6.45, 7) is 1.73. The summed E-state index contributed by atoms with van der Waals surface area (Å²) < 4.78 is 0. The lowest BCUT2D eigenvalue weighted by Crippen LogP contribution is -2.45. The van der Waals surface area contributed by atoms with Crippen LogP contribution >= 0.6 is 11.8 Å². The van der Waals surface area contributed by atoms with Gasteiger partial charge in [0.1, 0.15) is 0 Å². The fraction of sp³-hybridized carbons (Fsp3) is 0.900. The van der Waals surface area contributed by atoms with Crippen molar-refractivity contribution in [3.8, 4) is 0 Å². The molecule has 3 atom stereocenters. The number of carbonyl (C=O) groups excluding carboxylic acids is 1. The van der Waals surface area contributed by atoms with Gasteiger partial charge in [-0.1, -0.05) is 6.42 Å². The number of nitrogens with two attached hydrogens (primary N) is 1. The van der Waals surface area contributed by atoms with Crippen molar-refractivity contribution in [1.29, 1.82) is 0 Å². The van der Waals surface area contributed by atoms with Crippen LogP contribution in [0.2, 0.25) is 0 Å². The van der Waals surface area contributed by atoms with Gasteiger partial charge in [0.25, 0.3) is 0 Å². The summed E-state index contributed by atoms with van der Waals surface area (Å²) in [5.74, 6) is -0.0169. The van der Waals surface area contributed by atoms with Crippen molar-refractivity contribution in [2.45, 2.75) is 49.9 Å². The lowest BCUT2D eigenvalue weighted by molar-refractivity contribution is -0.122. The Morgan fingerprint density at radius 1 is 1.57 bits per heavy atom. The minimum Gasteiger partial charge on any atom is -0.352 e. The number of hydrogen-bond donors (Lipinski definition) is 2. The number of nitrogens with one attached hydrogen (secondary N) is 1. The highest BCUT2D eigenvalue weighted by Gasteiger charge is 2.23. The van der Waals surface area contributed by atoms with Gasteiger partial charge in [-0.2, -0.15) is 11.8 Å². The van der Waals surface area contributed by atoms with Crippen LogP contribution in [-0.2, 0) is 4.79 Å². The van der Waals surface area contributed by atoms with Crippen molar-refractivity contribution < 1.29 is 4.79 Å². The van der Waals surface area contributed by atoms with Gasteiger partial charge in [0.2, 0.25) is 5.91 Å². The molecule has 1 amide bonds. The molecule has 1 aliphatic carbocycles. The third-order valence-corrected chi connectivity index (χ3v) is 3.81. The van der Waals surface area contributed by atoms with E-state index >= 15 is 0 Å². The van der Waals surface area contributed by atoms with E-state index in [0.29, 0.717) is 11.3 Å². The highest BCUT2D eigenvalue weighted by Crippen LogP contribution is 2.26. The molecule has 14 heavy (non-hydrogen) atoms. The van der Waals surface area contributed by atoms with Crippen LogP contribution in [0.4, 0.5) is 0 Å².